The molecular weight excluding hydrogens is 300 g/mol. The zero-order chi connectivity index (χ0) is 13.5. The van der Waals surface area contributed by atoms with Crippen LogP contribution in [0.25, 0.3) is 0 Å². The van der Waals surface area contributed by atoms with Gasteiger partial charge in [0.15, 0.2) is 6.61 Å². The molecule has 0 spiro atoms. The SMILES string of the molecule is CCc1ccc(OCC(=O)NNC(C)=O)c(Br)c1. The Bertz CT molecular complexity index is 449. The number of benzene rings is 1. The summed E-state index contributed by atoms with van der Waals surface area (Å²) in [6.45, 7) is 3.20. The van der Waals surface area contributed by atoms with Crippen molar-refractivity contribution >= 4 is 27.7 Å². The highest BCUT2D eigenvalue weighted by Gasteiger charge is 2.06. The van der Waals surface area contributed by atoms with Crippen LogP contribution < -0.4 is 15.6 Å². The van der Waals surface area contributed by atoms with E-state index in [1.807, 2.05) is 12.1 Å². The molecule has 0 saturated heterocycles. The lowest BCUT2D eigenvalue weighted by molar-refractivity contribution is -0.129. The Morgan fingerprint density at radius 3 is 2.61 bits per heavy atom. The number of hydrogen-bond acceptors (Lipinski definition) is 3. The lowest BCUT2D eigenvalue weighted by Crippen LogP contribution is -2.42. The van der Waals surface area contributed by atoms with Crippen molar-refractivity contribution in [3.63, 3.8) is 0 Å². The molecular formula is C12H15BrN2O3. The summed E-state index contributed by atoms with van der Waals surface area (Å²) >= 11 is 3.37. The zero-order valence-corrected chi connectivity index (χ0v) is 11.8. The molecule has 2 N–H and O–H groups in total. The van der Waals surface area contributed by atoms with E-state index in [9.17, 15) is 9.59 Å². The summed E-state index contributed by atoms with van der Waals surface area (Å²) in [6, 6.07) is 5.68. The molecule has 6 heteroatoms. The van der Waals surface area contributed by atoms with Gasteiger partial charge in [-0.05, 0) is 40.0 Å². The summed E-state index contributed by atoms with van der Waals surface area (Å²) in [5, 5.41) is 0. The monoisotopic (exact) mass is 314 g/mol. The smallest absolute Gasteiger partial charge is 0.276 e. The lowest BCUT2D eigenvalue weighted by Gasteiger charge is -2.09. The fraction of sp³-hybridized carbons (Fsp3) is 0.333. The third kappa shape index (κ3) is 4.75. The average molecular weight is 315 g/mol. The fourth-order valence-electron chi connectivity index (χ4n) is 1.22. The number of ether oxygens (including phenoxy) is 1. The van der Waals surface area contributed by atoms with Gasteiger partial charge in [-0.15, -0.1) is 0 Å². The zero-order valence-electron chi connectivity index (χ0n) is 10.2. The molecule has 0 aromatic heterocycles. The highest BCUT2D eigenvalue weighted by atomic mass is 79.9. The third-order valence-electron chi connectivity index (χ3n) is 2.14. The van der Waals surface area contributed by atoms with Crippen LogP contribution >= 0.6 is 15.9 Å². The molecule has 0 aliphatic carbocycles. The first-order chi connectivity index (χ1) is 8.52. The Morgan fingerprint density at radius 2 is 2.06 bits per heavy atom. The number of nitrogens with one attached hydrogen (secondary N) is 2. The van der Waals surface area contributed by atoms with E-state index in [1.54, 1.807) is 6.07 Å². The van der Waals surface area contributed by atoms with E-state index in [-0.39, 0.29) is 12.5 Å². The van der Waals surface area contributed by atoms with Crippen molar-refractivity contribution in [3.05, 3.63) is 28.2 Å². The van der Waals surface area contributed by atoms with Gasteiger partial charge in [0.1, 0.15) is 5.75 Å². The van der Waals surface area contributed by atoms with E-state index in [1.165, 1.54) is 12.5 Å². The molecule has 0 heterocycles. The number of hydrogen-bond donors (Lipinski definition) is 2. The van der Waals surface area contributed by atoms with E-state index in [0.717, 1.165) is 10.9 Å². The second kappa shape index (κ2) is 7.00. The summed E-state index contributed by atoms with van der Waals surface area (Å²) in [4.78, 5) is 21.9. The van der Waals surface area contributed by atoms with Gasteiger partial charge in [0, 0.05) is 6.92 Å². The van der Waals surface area contributed by atoms with Crippen LogP contribution in [-0.4, -0.2) is 18.4 Å². The number of rotatable bonds is 4. The second-order valence-electron chi connectivity index (χ2n) is 3.64. The van der Waals surface area contributed by atoms with Crippen LogP contribution in [0.5, 0.6) is 5.75 Å². The van der Waals surface area contributed by atoms with Gasteiger partial charge in [-0.25, -0.2) is 0 Å². The maximum Gasteiger partial charge on any atom is 0.276 e. The molecule has 0 saturated carbocycles. The minimum absolute atomic E-state index is 0.162. The number of aryl methyl sites for hydroxylation is 1. The number of amides is 2. The van der Waals surface area contributed by atoms with E-state index in [2.05, 4.69) is 33.7 Å². The average Bonchev–Trinajstić information content (AvgIpc) is 2.34. The van der Waals surface area contributed by atoms with Crippen LogP contribution in [0.15, 0.2) is 22.7 Å². The molecule has 0 fully saturated rings. The summed E-state index contributed by atoms with van der Waals surface area (Å²) in [5.41, 5.74) is 5.58. The van der Waals surface area contributed by atoms with Crippen molar-refractivity contribution in [1.29, 1.82) is 0 Å². The minimum Gasteiger partial charge on any atom is -0.483 e. The largest absolute Gasteiger partial charge is 0.483 e. The molecule has 0 radical (unpaired) electrons. The summed E-state index contributed by atoms with van der Waals surface area (Å²) < 4.78 is 6.12. The molecule has 18 heavy (non-hydrogen) atoms. The highest BCUT2D eigenvalue weighted by Crippen LogP contribution is 2.26. The van der Waals surface area contributed by atoms with E-state index >= 15 is 0 Å². The molecule has 1 aromatic rings. The van der Waals surface area contributed by atoms with Crippen LogP contribution in [0.2, 0.25) is 0 Å². The van der Waals surface area contributed by atoms with Crippen molar-refractivity contribution in [1.82, 2.24) is 10.9 Å². The van der Waals surface area contributed by atoms with Gasteiger partial charge in [-0.2, -0.15) is 0 Å². The molecule has 0 atom stereocenters. The van der Waals surface area contributed by atoms with Gasteiger partial charge in [0.05, 0.1) is 4.47 Å². The normalized spacial score (nSPS) is 9.72. The third-order valence-corrected chi connectivity index (χ3v) is 2.76. The predicted octanol–water partition coefficient (Wildman–Crippen LogP) is 1.56. The van der Waals surface area contributed by atoms with Crippen LogP contribution in [0.3, 0.4) is 0 Å². The van der Waals surface area contributed by atoms with Gasteiger partial charge in [0.25, 0.3) is 5.91 Å². The summed E-state index contributed by atoms with van der Waals surface area (Å²) in [6.07, 6.45) is 0.932. The molecule has 5 nitrogen and oxygen atoms in total. The Balaban J connectivity index is 2.48. The minimum atomic E-state index is -0.420. The molecule has 98 valence electrons. The van der Waals surface area contributed by atoms with Crippen LogP contribution in [0, 0.1) is 0 Å². The Labute approximate surface area is 114 Å². The van der Waals surface area contributed by atoms with Crippen molar-refractivity contribution in [2.75, 3.05) is 6.61 Å². The summed E-state index contributed by atoms with van der Waals surface area (Å²) in [7, 11) is 0. The van der Waals surface area contributed by atoms with Crippen molar-refractivity contribution in [3.8, 4) is 5.75 Å². The van der Waals surface area contributed by atoms with Gasteiger partial charge in [-0.1, -0.05) is 13.0 Å². The fourth-order valence-corrected chi connectivity index (χ4v) is 1.76. The predicted molar refractivity (Wildman–Crippen MR) is 71.0 cm³/mol. The number of hydrazine groups is 1. The molecule has 0 aliphatic heterocycles. The number of carbonyl (C=O) groups excluding carboxylic acids is 2. The first kappa shape index (κ1) is 14.5. The highest BCUT2D eigenvalue weighted by molar-refractivity contribution is 9.10. The molecule has 0 aliphatic rings. The maximum atomic E-state index is 11.3. The van der Waals surface area contributed by atoms with Crippen LogP contribution in [0.4, 0.5) is 0 Å². The molecule has 2 amide bonds. The van der Waals surface area contributed by atoms with E-state index < -0.39 is 5.91 Å². The van der Waals surface area contributed by atoms with E-state index in [0.29, 0.717) is 5.75 Å². The molecule has 1 aromatic carbocycles. The first-order valence-electron chi connectivity index (χ1n) is 5.49. The van der Waals surface area contributed by atoms with Gasteiger partial charge < -0.3 is 4.74 Å². The Hall–Kier alpha value is -1.56. The van der Waals surface area contributed by atoms with Crippen molar-refractivity contribution in [2.24, 2.45) is 0 Å². The van der Waals surface area contributed by atoms with Crippen LogP contribution in [-0.2, 0) is 16.0 Å². The second-order valence-corrected chi connectivity index (χ2v) is 4.49. The standard InChI is InChI=1S/C12H15BrN2O3/c1-3-9-4-5-11(10(13)6-9)18-7-12(17)15-14-8(2)16/h4-6H,3,7H2,1-2H3,(H,14,16)(H,15,17). The van der Waals surface area contributed by atoms with Gasteiger partial charge in [-0.3, -0.25) is 20.4 Å². The lowest BCUT2D eigenvalue weighted by atomic mass is 10.2. The number of carbonyl (C=O) groups is 2. The van der Waals surface area contributed by atoms with E-state index in [4.69, 9.17) is 4.74 Å². The Kier molecular flexibility index (Phi) is 5.64. The molecule has 1 rings (SSSR count). The molecule has 0 bridgehead atoms. The first-order valence-corrected chi connectivity index (χ1v) is 6.29. The van der Waals surface area contributed by atoms with Crippen molar-refractivity contribution in [2.45, 2.75) is 20.3 Å². The summed E-state index contributed by atoms with van der Waals surface area (Å²) in [5.74, 6) is -0.168. The number of halogens is 1. The Morgan fingerprint density at radius 1 is 1.33 bits per heavy atom. The van der Waals surface area contributed by atoms with Gasteiger partial charge >= 0.3 is 0 Å². The van der Waals surface area contributed by atoms with Crippen molar-refractivity contribution < 1.29 is 14.3 Å². The topological polar surface area (TPSA) is 67.4 Å². The van der Waals surface area contributed by atoms with Gasteiger partial charge in [0.2, 0.25) is 5.91 Å². The maximum absolute atomic E-state index is 11.3. The quantitative estimate of drug-likeness (QED) is 0.829. The molecule has 0 unspecified atom stereocenters. The van der Waals surface area contributed by atoms with Crippen LogP contribution in [0.1, 0.15) is 19.4 Å².